The molecule has 15 heavy (non-hydrogen) atoms. The summed E-state index contributed by atoms with van der Waals surface area (Å²) in [5.41, 5.74) is 3.18. The Balaban J connectivity index is 2.12. The molecule has 0 saturated heterocycles. The molecule has 1 fully saturated rings. The van der Waals surface area contributed by atoms with Crippen molar-refractivity contribution in [3.05, 3.63) is 16.1 Å². The van der Waals surface area contributed by atoms with E-state index in [1.807, 2.05) is 5.51 Å². The van der Waals surface area contributed by atoms with E-state index in [1.165, 1.54) is 42.7 Å². The Morgan fingerprint density at radius 3 is 2.67 bits per heavy atom. The molecule has 1 heterocycles. The molecule has 2 rings (SSSR count). The summed E-state index contributed by atoms with van der Waals surface area (Å²) in [6.45, 7) is 2.12. The lowest BCUT2D eigenvalue weighted by molar-refractivity contribution is 0.283. The Bertz CT molecular complexity index is 302. The minimum atomic E-state index is 0.540. The van der Waals surface area contributed by atoms with Crippen LogP contribution in [0.1, 0.15) is 48.7 Å². The Labute approximate surface area is 96.1 Å². The van der Waals surface area contributed by atoms with E-state index < -0.39 is 0 Å². The Kier molecular flexibility index (Phi) is 3.76. The van der Waals surface area contributed by atoms with E-state index in [-0.39, 0.29) is 0 Å². The van der Waals surface area contributed by atoms with Crippen molar-refractivity contribution in [3.8, 4) is 0 Å². The van der Waals surface area contributed by atoms with Gasteiger partial charge in [-0.15, -0.1) is 11.3 Å². The second kappa shape index (κ2) is 5.08. The first-order valence-electron chi connectivity index (χ1n) is 5.90. The van der Waals surface area contributed by atoms with Crippen molar-refractivity contribution in [3.63, 3.8) is 0 Å². The summed E-state index contributed by atoms with van der Waals surface area (Å²) in [5, 5.41) is 3.49. The maximum absolute atomic E-state index is 4.36. The van der Waals surface area contributed by atoms with Crippen LogP contribution < -0.4 is 5.32 Å². The summed E-state index contributed by atoms with van der Waals surface area (Å²) in [7, 11) is 2.08. The molecular weight excluding hydrogens is 204 g/mol. The summed E-state index contributed by atoms with van der Waals surface area (Å²) < 4.78 is 0. The quantitative estimate of drug-likeness (QED) is 0.852. The lowest BCUT2D eigenvalue weighted by atomic mass is 9.83. The molecule has 84 valence electrons. The molecule has 0 aliphatic heterocycles. The maximum atomic E-state index is 4.36. The Morgan fingerprint density at radius 2 is 2.13 bits per heavy atom. The molecule has 3 heteroatoms. The molecule has 0 spiro atoms. The fourth-order valence-electron chi connectivity index (χ4n) is 2.66. The van der Waals surface area contributed by atoms with Gasteiger partial charge in [-0.25, -0.2) is 4.98 Å². The highest BCUT2D eigenvalue weighted by Gasteiger charge is 2.25. The van der Waals surface area contributed by atoms with E-state index in [2.05, 4.69) is 24.3 Å². The summed E-state index contributed by atoms with van der Waals surface area (Å²) in [6, 6.07) is 0.540. The van der Waals surface area contributed by atoms with Crippen molar-refractivity contribution in [2.24, 2.45) is 5.92 Å². The third kappa shape index (κ3) is 2.40. The first-order valence-corrected chi connectivity index (χ1v) is 6.78. The minimum Gasteiger partial charge on any atom is -0.312 e. The maximum Gasteiger partial charge on any atom is 0.0798 e. The minimum absolute atomic E-state index is 0.540. The molecule has 1 N–H and O–H groups in total. The SMILES string of the molecule is CNC(c1scnc1C)C1CCCCC1. The first-order chi connectivity index (χ1) is 7.33. The van der Waals surface area contributed by atoms with Gasteiger partial charge < -0.3 is 5.32 Å². The van der Waals surface area contributed by atoms with Gasteiger partial charge in [-0.3, -0.25) is 0 Å². The van der Waals surface area contributed by atoms with Gasteiger partial charge in [0.05, 0.1) is 11.2 Å². The molecule has 1 aliphatic rings. The molecule has 1 aliphatic carbocycles. The van der Waals surface area contributed by atoms with Gasteiger partial charge in [0, 0.05) is 10.9 Å². The molecule has 1 unspecified atom stereocenters. The van der Waals surface area contributed by atoms with Crippen LogP contribution in [0.15, 0.2) is 5.51 Å². The van der Waals surface area contributed by atoms with E-state index in [0.717, 1.165) is 5.92 Å². The zero-order valence-electron chi connectivity index (χ0n) is 9.62. The molecule has 0 radical (unpaired) electrons. The highest BCUT2D eigenvalue weighted by molar-refractivity contribution is 7.09. The number of hydrogen-bond donors (Lipinski definition) is 1. The van der Waals surface area contributed by atoms with Crippen molar-refractivity contribution in [1.82, 2.24) is 10.3 Å². The third-order valence-electron chi connectivity index (χ3n) is 3.50. The Morgan fingerprint density at radius 1 is 1.40 bits per heavy atom. The van der Waals surface area contributed by atoms with E-state index in [1.54, 1.807) is 11.3 Å². The second-order valence-corrected chi connectivity index (χ2v) is 5.35. The number of rotatable bonds is 3. The van der Waals surface area contributed by atoms with Crippen LogP contribution in [0, 0.1) is 12.8 Å². The van der Waals surface area contributed by atoms with Gasteiger partial charge in [0.1, 0.15) is 0 Å². The highest BCUT2D eigenvalue weighted by atomic mass is 32.1. The van der Waals surface area contributed by atoms with Crippen LogP contribution in [0.2, 0.25) is 0 Å². The molecule has 0 bridgehead atoms. The van der Waals surface area contributed by atoms with E-state index in [4.69, 9.17) is 0 Å². The molecule has 0 amide bonds. The predicted molar refractivity (Wildman–Crippen MR) is 65.2 cm³/mol. The summed E-state index contributed by atoms with van der Waals surface area (Å²) >= 11 is 1.80. The highest BCUT2D eigenvalue weighted by Crippen LogP contribution is 2.36. The van der Waals surface area contributed by atoms with Crippen LogP contribution in [0.5, 0.6) is 0 Å². The zero-order chi connectivity index (χ0) is 10.7. The fourth-order valence-corrected chi connectivity index (χ4v) is 3.66. The lowest BCUT2D eigenvalue weighted by Crippen LogP contribution is -2.26. The van der Waals surface area contributed by atoms with Gasteiger partial charge in [0.2, 0.25) is 0 Å². The predicted octanol–water partition coefficient (Wildman–Crippen LogP) is 3.29. The monoisotopic (exact) mass is 224 g/mol. The van der Waals surface area contributed by atoms with Crippen molar-refractivity contribution in [1.29, 1.82) is 0 Å². The van der Waals surface area contributed by atoms with Gasteiger partial charge in [0.15, 0.2) is 0 Å². The van der Waals surface area contributed by atoms with Crippen LogP contribution >= 0.6 is 11.3 Å². The zero-order valence-corrected chi connectivity index (χ0v) is 10.4. The van der Waals surface area contributed by atoms with Gasteiger partial charge in [-0.2, -0.15) is 0 Å². The second-order valence-electron chi connectivity index (χ2n) is 4.47. The fraction of sp³-hybridized carbons (Fsp3) is 0.750. The number of hydrogen-bond acceptors (Lipinski definition) is 3. The van der Waals surface area contributed by atoms with Crippen LogP contribution in [0.25, 0.3) is 0 Å². The topological polar surface area (TPSA) is 24.9 Å². The summed E-state index contributed by atoms with van der Waals surface area (Å²) in [4.78, 5) is 5.81. The summed E-state index contributed by atoms with van der Waals surface area (Å²) in [5.74, 6) is 0.822. The average molecular weight is 224 g/mol. The van der Waals surface area contributed by atoms with Crippen molar-refractivity contribution in [2.45, 2.75) is 45.1 Å². The molecule has 1 atom stereocenters. The lowest BCUT2D eigenvalue weighted by Gasteiger charge is -2.29. The molecule has 2 nitrogen and oxygen atoms in total. The van der Waals surface area contributed by atoms with E-state index >= 15 is 0 Å². The molecule has 1 saturated carbocycles. The van der Waals surface area contributed by atoms with Crippen LogP contribution in [-0.4, -0.2) is 12.0 Å². The number of aryl methyl sites for hydroxylation is 1. The standard InChI is InChI=1S/C12H20N2S/c1-9-12(15-8-14-9)11(13-2)10-6-4-3-5-7-10/h8,10-11,13H,3-7H2,1-2H3. The van der Waals surface area contributed by atoms with Crippen molar-refractivity contribution in [2.75, 3.05) is 7.05 Å². The van der Waals surface area contributed by atoms with Gasteiger partial charge in [-0.1, -0.05) is 19.3 Å². The first kappa shape index (κ1) is 11.1. The third-order valence-corrected chi connectivity index (χ3v) is 4.51. The van der Waals surface area contributed by atoms with Crippen LogP contribution in [0.3, 0.4) is 0 Å². The smallest absolute Gasteiger partial charge is 0.0798 e. The van der Waals surface area contributed by atoms with Crippen LogP contribution in [0.4, 0.5) is 0 Å². The average Bonchev–Trinajstić information content (AvgIpc) is 2.68. The number of aromatic nitrogens is 1. The number of nitrogens with one attached hydrogen (secondary N) is 1. The van der Waals surface area contributed by atoms with Gasteiger partial charge in [0.25, 0.3) is 0 Å². The normalized spacial score (nSPS) is 20.4. The number of thiazole rings is 1. The van der Waals surface area contributed by atoms with E-state index in [9.17, 15) is 0 Å². The summed E-state index contributed by atoms with van der Waals surface area (Å²) in [6.07, 6.45) is 6.99. The van der Waals surface area contributed by atoms with Gasteiger partial charge in [-0.05, 0) is 32.7 Å². The molecule has 1 aromatic heterocycles. The number of nitrogens with zero attached hydrogens (tertiary/aromatic N) is 1. The van der Waals surface area contributed by atoms with Crippen molar-refractivity contribution < 1.29 is 0 Å². The van der Waals surface area contributed by atoms with Crippen molar-refractivity contribution >= 4 is 11.3 Å². The largest absolute Gasteiger partial charge is 0.312 e. The Hall–Kier alpha value is -0.410. The van der Waals surface area contributed by atoms with Crippen LogP contribution in [-0.2, 0) is 0 Å². The molecule has 1 aromatic rings. The molecular formula is C12H20N2S. The van der Waals surface area contributed by atoms with E-state index in [0.29, 0.717) is 6.04 Å². The van der Waals surface area contributed by atoms with Gasteiger partial charge >= 0.3 is 0 Å². The molecule has 0 aromatic carbocycles.